The molecular weight excluding hydrogens is 366 g/mol. The first-order valence-electron chi connectivity index (χ1n) is 8.31. The highest BCUT2D eigenvalue weighted by Gasteiger charge is 2.26. The molecule has 0 fully saturated rings. The lowest BCUT2D eigenvalue weighted by Crippen LogP contribution is -2.37. The van der Waals surface area contributed by atoms with Crippen molar-refractivity contribution in [1.82, 2.24) is 9.97 Å². The molecule has 1 amide bonds. The van der Waals surface area contributed by atoms with E-state index >= 15 is 0 Å². The van der Waals surface area contributed by atoms with Crippen molar-refractivity contribution in [2.75, 3.05) is 11.4 Å². The summed E-state index contributed by atoms with van der Waals surface area (Å²) in [7, 11) is 0. The van der Waals surface area contributed by atoms with Crippen LogP contribution in [0.4, 0.5) is 10.6 Å². The lowest BCUT2D eigenvalue weighted by Gasteiger charge is -2.21. The Bertz CT molecular complexity index is 1000. The number of hydrogen-bond acceptors (Lipinski definition) is 6. The monoisotopic (exact) mass is 385 g/mol. The van der Waals surface area contributed by atoms with Crippen molar-refractivity contribution in [3.63, 3.8) is 0 Å². The third-order valence-corrected chi connectivity index (χ3v) is 5.20. The third kappa shape index (κ3) is 4.06. The van der Waals surface area contributed by atoms with Gasteiger partial charge in [-0.15, -0.1) is 11.3 Å². The van der Waals surface area contributed by atoms with Crippen LogP contribution in [0.5, 0.6) is 0 Å². The Labute approximate surface area is 160 Å². The van der Waals surface area contributed by atoms with Crippen molar-refractivity contribution in [1.29, 1.82) is 0 Å². The van der Waals surface area contributed by atoms with E-state index in [0.717, 1.165) is 25.7 Å². The smallest absolute Gasteiger partial charge is 0.416 e. The van der Waals surface area contributed by atoms with Crippen LogP contribution in [-0.2, 0) is 16.1 Å². The van der Waals surface area contributed by atoms with E-state index in [1.807, 2.05) is 44.2 Å². The first-order chi connectivity index (χ1) is 12.9. The fraction of sp³-hybridized carbons (Fsp3) is 0.263. The number of carbonyl (C=O) groups is 2. The maximum absolute atomic E-state index is 12.7. The molecule has 0 unspecified atom stereocenters. The van der Waals surface area contributed by atoms with Gasteiger partial charge in [-0.2, -0.15) is 0 Å². The van der Waals surface area contributed by atoms with Gasteiger partial charge in [0, 0.05) is 4.88 Å². The summed E-state index contributed by atoms with van der Waals surface area (Å²) in [4.78, 5) is 35.7. The van der Waals surface area contributed by atoms with Gasteiger partial charge >= 0.3 is 12.1 Å². The molecule has 8 heteroatoms. The van der Waals surface area contributed by atoms with Crippen LogP contribution in [0, 0.1) is 20.8 Å². The van der Waals surface area contributed by atoms with Gasteiger partial charge in [-0.25, -0.2) is 19.7 Å². The Kier molecular flexibility index (Phi) is 5.36. The summed E-state index contributed by atoms with van der Waals surface area (Å²) < 4.78 is 5.35. The van der Waals surface area contributed by atoms with Gasteiger partial charge in [0.1, 0.15) is 23.8 Å². The summed E-state index contributed by atoms with van der Waals surface area (Å²) in [6.07, 6.45) is -0.760. The molecule has 27 heavy (non-hydrogen) atoms. The number of thiophene rings is 1. The average Bonchev–Trinajstić information content (AvgIpc) is 2.91. The van der Waals surface area contributed by atoms with E-state index in [2.05, 4.69) is 9.97 Å². The quantitative estimate of drug-likeness (QED) is 0.717. The van der Waals surface area contributed by atoms with E-state index < -0.39 is 18.6 Å². The molecule has 2 heterocycles. The van der Waals surface area contributed by atoms with E-state index in [1.54, 1.807) is 6.92 Å². The number of carboxylic acids is 1. The molecular formula is C19H19N3O4S. The van der Waals surface area contributed by atoms with E-state index in [4.69, 9.17) is 4.74 Å². The highest BCUT2D eigenvalue weighted by molar-refractivity contribution is 7.18. The molecule has 1 aromatic carbocycles. The molecule has 0 bridgehead atoms. The molecule has 140 valence electrons. The van der Waals surface area contributed by atoms with Crippen LogP contribution >= 0.6 is 11.3 Å². The molecule has 3 rings (SSSR count). The van der Waals surface area contributed by atoms with Crippen LogP contribution in [0.25, 0.3) is 10.2 Å². The number of carbonyl (C=O) groups excluding carboxylic acids is 1. The molecule has 0 atom stereocenters. The maximum Gasteiger partial charge on any atom is 0.416 e. The highest BCUT2D eigenvalue weighted by Crippen LogP contribution is 2.35. The number of ether oxygens (including phenoxy) is 1. The second-order valence-electron chi connectivity index (χ2n) is 6.08. The number of fused-ring (bicyclic) bond motifs is 1. The molecule has 0 spiro atoms. The second kappa shape index (κ2) is 7.71. The van der Waals surface area contributed by atoms with Crippen molar-refractivity contribution in [2.24, 2.45) is 0 Å². The molecule has 7 nitrogen and oxygen atoms in total. The van der Waals surface area contributed by atoms with E-state index in [1.165, 1.54) is 11.3 Å². The minimum Gasteiger partial charge on any atom is -0.480 e. The minimum absolute atomic E-state index is 0.0463. The number of nitrogens with zero attached hydrogens (tertiary/aromatic N) is 3. The summed E-state index contributed by atoms with van der Waals surface area (Å²) in [6.45, 7) is 5.07. The van der Waals surface area contributed by atoms with Gasteiger partial charge in [-0.3, -0.25) is 4.79 Å². The number of rotatable bonds is 5. The van der Waals surface area contributed by atoms with Gasteiger partial charge in [0.2, 0.25) is 0 Å². The number of aryl methyl sites for hydroxylation is 3. The number of anilines is 1. The van der Waals surface area contributed by atoms with Crippen LogP contribution in [0.15, 0.2) is 30.3 Å². The van der Waals surface area contributed by atoms with Gasteiger partial charge in [0.15, 0.2) is 5.82 Å². The van der Waals surface area contributed by atoms with E-state index in [0.29, 0.717) is 11.2 Å². The van der Waals surface area contributed by atoms with Gasteiger partial charge in [-0.1, -0.05) is 30.3 Å². The first-order valence-corrected chi connectivity index (χ1v) is 9.13. The Morgan fingerprint density at radius 3 is 2.52 bits per heavy atom. The molecule has 0 saturated heterocycles. The maximum atomic E-state index is 12.7. The SMILES string of the molecule is Cc1nc(N(CC(=O)O)C(=O)OCc2ccccc2)c2c(C)c(C)sc2n1. The fourth-order valence-corrected chi connectivity index (χ4v) is 3.76. The second-order valence-corrected chi connectivity index (χ2v) is 7.28. The molecule has 0 aliphatic carbocycles. The van der Waals surface area contributed by atoms with Crippen molar-refractivity contribution in [3.8, 4) is 0 Å². The van der Waals surface area contributed by atoms with E-state index in [9.17, 15) is 14.7 Å². The average molecular weight is 385 g/mol. The Hall–Kier alpha value is -3.00. The number of carboxylic acid groups (broad SMARTS) is 1. The molecule has 0 radical (unpaired) electrons. The highest BCUT2D eigenvalue weighted by atomic mass is 32.1. The van der Waals surface area contributed by atoms with Crippen LogP contribution in [0.2, 0.25) is 0 Å². The van der Waals surface area contributed by atoms with Gasteiger partial charge in [0.05, 0.1) is 5.39 Å². The molecule has 0 saturated carbocycles. The minimum atomic E-state index is -1.15. The normalized spacial score (nSPS) is 10.8. The van der Waals surface area contributed by atoms with Crippen molar-refractivity contribution in [2.45, 2.75) is 27.4 Å². The standard InChI is InChI=1S/C19H19N3O4S/c1-11-12(2)27-18-16(11)17(20-13(3)21-18)22(9-15(23)24)19(25)26-10-14-7-5-4-6-8-14/h4-8H,9-10H2,1-3H3,(H,23,24). The number of benzene rings is 1. The topological polar surface area (TPSA) is 92.6 Å². The van der Waals surface area contributed by atoms with Crippen molar-refractivity contribution < 1.29 is 19.4 Å². The molecule has 2 aromatic heterocycles. The van der Waals surface area contributed by atoms with E-state index in [-0.39, 0.29) is 12.4 Å². The number of hydrogen-bond donors (Lipinski definition) is 1. The predicted molar refractivity (Wildman–Crippen MR) is 103 cm³/mol. The summed E-state index contributed by atoms with van der Waals surface area (Å²) in [5.74, 6) is -0.425. The lowest BCUT2D eigenvalue weighted by molar-refractivity contribution is -0.135. The summed E-state index contributed by atoms with van der Waals surface area (Å²) in [6, 6.07) is 9.20. The largest absolute Gasteiger partial charge is 0.480 e. The van der Waals surface area contributed by atoms with Crippen LogP contribution in [-0.4, -0.2) is 33.7 Å². The number of aromatic nitrogens is 2. The number of amides is 1. The summed E-state index contributed by atoms with van der Waals surface area (Å²) in [5.41, 5.74) is 1.74. The van der Waals surface area contributed by atoms with Crippen molar-refractivity contribution in [3.05, 3.63) is 52.2 Å². The zero-order chi connectivity index (χ0) is 19.6. The Morgan fingerprint density at radius 1 is 1.15 bits per heavy atom. The van der Waals surface area contributed by atoms with Crippen LogP contribution in [0.3, 0.4) is 0 Å². The predicted octanol–water partition coefficient (Wildman–Crippen LogP) is 3.84. The molecule has 3 aromatic rings. The van der Waals surface area contributed by atoms with Crippen molar-refractivity contribution >= 4 is 39.4 Å². The molecule has 0 aliphatic rings. The Balaban J connectivity index is 1.98. The zero-order valence-electron chi connectivity index (χ0n) is 15.2. The third-order valence-electron chi connectivity index (χ3n) is 4.10. The van der Waals surface area contributed by atoms with Crippen LogP contribution < -0.4 is 4.90 Å². The molecule has 0 aliphatic heterocycles. The fourth-order valence-electron chi connectivity index (χ4n) is 2.69. The van der Waals surface area contributed by atoms with Gasteiger partial charge in [-0.05, 0) is 31.9 Å². The summed E-state index contributed by atoms with van der Waals surface area (Å²) in [5, 5.41) is 9.99. The van der Waals surface area contributed by atoms with Crippen LogP contribution in [0.1, 0.15) is 21.8 Å². The Morgan fingerprint density at radius 2 is 1.85 bits per heavy atom. The summed E-state index contributed by atoms with van der Waals surface area (Å²) >= 11 is 1.49. The van der Waals surface area contributed by atoms with Gasteiger partial charge < -0.3 is 9.84 Å². The lowest BCUT2D eigenvalue weighted by atomic mass is 10.2. The first kappa shape index (κ1) is 18.8. The van der Waals surface area contributed by atoms with Gasteiger partial charge in [0.25, 0.3) is 0 Å². The zero-order valence-corrected chi connectivity index (χ0v) is 16.0. The number of aliphatic carboxylic acids is 1. The molecule has 1 N–H and O–H groups in total.